The van der Waals surface area contributed by atoms with Gasteiger partial charge in [-0.25, -0.2) is 0 Å². The van der Waals surface area contributed by atoms with Crippen LogP contribution < -0.4 is 4.74 Å². The fourth-order valence-corrected chi connectivity index (χ4v) is 1.11. The average Bonchev–Trinajstić information content (AvgIpc) is 2.15. The van der Waals surface area contributed by atoms with Crippen LogP contribution in [0.3, 0.4) is 0 Å². The maximum atomic E-state index is 5.73. The van der Waals surface area contributed by atoms with Gasteiger partial charge in [0.25, 0.3) is 0 Å². The van der Waals surface area contributed by atoms with Crippen molar-refractivity contribution < 1.29 is 4.74 Å². The lowest BCUT2D eigenvalue weighted by Crippen LogP contribution is -2.05. The molecule has 0 amide bonds. The normalized spacial score (nSPS) is 10.5. The first-order valence-electron chi connectivity index (χ1n) is 4.35. The van der Waals surface area contributed by atoms with Crippen LogP contribution in [-0.2, 0) is 5.88 Å². The monoisotopic (exact) mass is 199 g/mol. The largest absolute Gasteiger partial charge is 0.493 e. The Bertz CT molecular complexity index is 263. The van der Waals surface area contributed by atoms with Crippen LogP contribution in [0.5, 0.6) is 5.75 Å². The van der Waals surface area contributed by atoms with Gasteiger partial charge in [0.1, 0.15) is 5.75 Å². The number of rotatable bonds is 4. The molecule has 0 spiro atoms. The Hall–Kier alpha value is -0.760. The molecule has 0 atom stereocenters. The van der Waals surface area contributed by atoms with Crippen molar-refractivity contribution in [1.82, 2.24) is 4.98 Å². The Morgan fingerprint density at radius 3 is 2.92 bits per heavy atom. The van der Waals surface area contributed by atoms with Crippen molar-refractivity contribution in [3.8, 4) is 5.75 Å². The third-order valence-electron chi connectivity index (χ3n) is 1.57. The highest BCUT2D eigenvalue weighted by Crippen LogP contribution is 2.18. The van der Waals surface area contributed by atoms with Crippen molar-refractivity contribution in [2.45, 2.75) is 19.7 Å². The van der Waals surface area contributed by atoms with E-state index in [0.717, 1.165) is 11.3 Å². The number of hydrogen-bond donors (Lipinski definition) is 0. The molecule has 1 heterocycles. The van der Waals surface area contributed by atoms with Crippen LogP contribution in [0.25, 0.3) is 0 Å². The van der Waals surface area contributed by atoms with Crippen LogP contribution in [0.15, 0.2) is 18.5 Å². The molecule has 0 saturated carbocycles. The number of pyridine rings is 1. The van der Waals surface area contributed by atoms with Crippen molar-refractivity contribution in [3.05, 3.63) is 24.0 Å². The fourth-order valence-electron chi connectivity index (χ4n) is 0.912. The van der Waals surface area contributed by atoms with Crippen LogP contribution in [0, 0.1) is 5.92 Å². The number of nitrogens with zero attached hydrogens (tertiary/aromatic N) is 1. The van der Waals surface area contributed by atoms with E-state index in [2.05, 4.69) is 18.8 Å². The molecule has 0 saturated heterocycles. The molecule has 0 bridgehead atoms. The second kappa shape index (κ2) is 5.07. The molecule has 0 unspecified atom stereocenters. The highest BCUT2D eigenvalue weighted by atomic mass is 35.5. The summed E-state index contributed by atoms with van der Waals surface area (Å²) in [6.07, 6.45) is 3.45. The summed E-state index contributed by atoms with van der Waals surface area (Å²) in [5.74, 6) is 1.82. The second-order valence-electron chi connectivity index (χ2n) is 3.32. The quantitative estimate of drug-likeness (QED) is 0.696. The minimum absolute atomic E-state index is 0.446. The Kier molecular flexibility index (Phi) is 4.03. The van der Waals surface area contributed by atoms with E-state index < -0.39 is 0 Å². The van der Waals surface area contributed by atoms with Crippen molar-refractivity contribution in [2.24, 2.45) is 5.92 Å². The van der Waals surface area contributed by atoms with Gasteiger partial charge in [0, 0.05) is 18.0 Å². The maximum absolute atomic E-state index is 5.73. The maximum Gasteiger partial charge on any atom is 0.126 e. The first-order chi connectivity index (χ1) is 6.24. The van der Waals surface area contributed by atoms with Gasteiger partial charge >= 0.3 is 0 Å². The molecular weight excluding hydrogens is 186 g/mol. The molecule has 72 valence electrons. The predicted molar refractivity (Wildman–Crippen MR) is 54.1 cm³/mol. The Morgan fingerprint density at radius 1 is 1.54 bits per heavy atom. The number of ether oxygens (including phenoxy) is 1. The first kappa shape index (κ1) is 10.3. The molecule has 3 heteroatoms. The predicted octanol–water partition coefficient (Wildman–Crippen LogP) is 2.86. The first-order valence-corrected chi connectivity index (χ1v) is 4.89. The highest BCUT2D eigenvalue weighted by Gasteiger charge is 2.02. The molecule has 0 radical (unpaired) electrons. The molecule has 0 aliphatic rings. The van der Waals surface area contributed by atoms with Gasteiger partial charge in [0.2, 0.25) is 0 Å². The van der Waals surface area contributed by atoms with Crippen LogP contribution >= 0.6 is 11.6 Å². The van der Waals surface area contributed by atoms with Crippen LogP contribution in [0.4, 0.5) is 0 Å². The van der Waals surface area contributed by atoms with E-state index in [-0.39, 0.29) is 0 Å². The zero-order valence-electron chi connectivity index (χ0n) is 7.96. The Balaban J connectivity index is 2.64. The fraction of sp³-hybridized carbons (Fsp3) is 0.500. The zero-order valence-corrected chi connectivity index (χ0v) is 8.71. The third kappa shape index (κ3) is 3.23. The summed E-state index contributed by atoms with van der Waals surface area (Å²) < 4.78 is 5.56. The van der Waals surface area contributed by atoms with E-state index >= 15 is 0 Å². The van der Waals surface area contributed by atoms with E-state index in [4.69, 9.17) is 16.3 Å². The van der Waals surface area contributed by atoms with E-state index in [0.29, 0.717) is 18.4 Å². The molecule has 13 heavy (non-hydrogen) atoms. The van der Waals surface area contributed by atoms with Gasteiger partial charge in [-0.1, -0.05) is 13.8 Å². The van der Waals surface area contributed by atoms with Gasteiger partial charge in [-0.2, -0.15) is 0 Å². The molecule has 2 nitrogen and oxygen atoms in total. The minimum atomic E-state index is 0.446. The summed E-state index contributed by atoms with van der Waals surface area (Å²) in [7, 11) is 0. The Labute approximate surface area is 83.9 Å². The van der Waals surface area contributed by atoms with Gasteiger partial charge in [0.15, 0.2) is 0 Å². The lowest BCUT2D eigenvalue weighted by Gasteiger charge is -2.10. The van der Waals surface area contributed by atoms with Gasteiger partial charge in [-0.3, -0.25) is 4.98 Å². The number of halogens is 1. The summed E-state index contributed by atoms with van der Waals surface area (Å²) >= 11 is 5.73. The van der Waals surface area contributed by atoms with E-state index in [1.165, 1.54) is 0 Å². The lowest BCUT2D eigenvalue weighted by atomic mass is 10.2. The van der Waals surface area contributed by atoms with Crippen molar-refractivity contribution in [1.29, 1.82) is 0 Å². The molecule has 1 aromatic heterocycles. The summed E-state index contributed by atoms with van der Waals surface area (Å²) in [4.78, 5) is 3.98. The number of aromatic nitrogens is 1. The summed E-state index contributed by atoms with van der Waals surface area (Å²) in [6, 6.07) is 1.85. The molecule has 0 aromatic carbocycles. The van der Waals surface area contributed by atoms with E-state index in [9.17, 15) is 0 Å². The topological polar surface area (TPSA) is 22.1 Å². The van der Waals surface area contributed by atoms with Gasteiger partial charge in [-0.05, 0) is 12.0 Å². The van der Waals surface area contributed by atoms with E-state index in [1.54, 1.807) is 12.4 Å². The van der Waals surface area contributed by atoms with Crippen LogP contribution in [0.1, 0.15) is 19.4 Å². The second-order valence-corrected chi connectivity index (χ2v) is 3.59. The molecule has 1 rings (SSSR count). The minimum Gasteiger partial charge on any atom is -0.493 e. The molecule has 0 N–H and O–H groups in total. The van der Waals surface area contributed by atoms with Gasteiger partial charge in [0.05, 0.1) is 12.5 Å². The Morgan fingerprint density at radius 2 is 2.31 bits per heavy atom. The highest BCUT2D eigenvalue weighted by molar-refractivity contribution is 6.17. The standard InChI is InChI=1S/C10H14ClNO/c1-8(2)7-13-10-3-4-12-6-9(10)5-11/h3-4,6,8H,5,7H2,1-2H3. The SMILES string of the molecule is CC(C)COc1ccncc1CCl. The number of alkyl halides is 1. The molecule has 1 aromatic rings. The van der Waals surface area contributed by atoms with Gasteiger partial charge < -0.3 is 4.74 Å². The average molecular weight is 200 g/mol. The van der Waals surface area contributed by atoms with Crippen molar-refractivity contribution in [2.75, 3.05) is 6.61 Å². The van der Waals surface area contributed by atoms with E-state index in [1.807, 2.05) is 6.07 Å². The third-order valence-corrected chi connectivity index (χ3v) is 1.86. The molecule has 0 fully saturated rings. The molecular formula is C10H14ClNO. The van der Waals surface area contributed by atoms with Crippen LogP contribution in [-0.4, -0.2) is 11.6 Å². The molecule has 0 aliphatic heterocycles. The summed E-state index contributed by atoms with van der Waals surface area (Å²) in [5, 5.41) is 0. The lowest BCUT2D eigenvalue weighted by molar-refractivity contribution is 0.269. The van der Waals surface area contributed by atoms with Crippen molar-refractivity contribution >= 4 is 11.6 Å². The zero-order chi connectivity index (χ0) is 9.68. The molecule has 0 aliphatic carbocycles. The van der Waals surface area contributed by atoms with Crippen molar-refractivity contribution in [3.63, 3.8) is 0 Å². The van der Waals surface area contributed by atoms with Crippen LogP contribution in [0.2, 0.25) is 0 Å². The summed E-state index contributed by atoms with van der Waals surface area (Å²) in [6.45, 7) is 4.94. The van der Waals surface area contributed by atoms with Gasteiger partial charge in [-0.15, -0.1) is 11.6 Å². The smallest absolute Gasteiger partial charge is 0.126 e. The summed E-state index contributed by atoms with van der Waals surface area (Å²) in [5.41, 5.74) is 0.949. The number of hydrogen-bond acceptors (Lipinski definition) is 2.